The zero-order valence-corrected chi connectivity index (χ0v) is 26.0. The van der Waals surface area contributed by atoms with E-state index in [1.807, 2.05) is 78.8 Å². The minimum Gasteiger partial charge on any atom is -0.459 e. The third kappa shape index (κ3) is 12.7. The van der Waals surface area contributed by atoms with Crippen LogP contribution in [0.25, 0.3) is 0 Å². The molecule has 1 aromatic rings. The van der Waals surface area contributed by atoms with E-state index >= 15 is 0 Å². The molecule has 0 aliphatic heterocycles. The summed E-state index contributed by atoms with van der Waals surface area (Å²) in [4.78, 5) is 27.2. The average Bonchev–Trinajstić information content (AvgIpc) is 2.86. The van der Waals surface area contributed by atoms with Crippen LogP contribution in [0.2, 0.25) is 0 Å². The van der Waals surface area contributed by atoms with Gasteiger partial charge in [-0.3, -0.25) is 14.9 Å². The van der Waals surface area contributed by atoms with Gasteiger partial charge in [0, 0.05) is 0 Å². The third-order valence-electron chi connectivity index (χ3n) is 7.56. The number of rotatable bonds is 15. The number of aliphatic hydroxyl groups excluding tert-OH is 2. The van der Waals surface area contributed by atoms with Crippen LogP contribution in [0.5, 0.6) is 0 Å². The summed E-state index contributed by atoms with van der Waals surface area (Å²) in [7, 11) is 0. The van der Waals surface area contributed by atoms with Gasteiger partial charge in [0.25, 0.3) is 0 Å². The van der Waals surface area contributed by atoms with Gasteiger partial charge in [-0.15, -0.1) is 0 Å². The van der Waals surface area contributed by atoms with Crippen LogP contribution in [0.4, 0.5) is 0 Å². The number of nitrogens with one attached hydrogen (secondary N) is 2. The van der Waals surface area contributed by atoms with Crippen molar-refractivity contribution in [3.8, 4) is 0 Å². The molecule has 0 radical (unpaired) electrons. The van der Waals surface area contributed by atoms with E-state index in [0.717, 1.165) is 31.2 Å². The molecule has 2 rings (SSSR count). The Labute approximate surface area is 242 Å². The number of benzene rings is 1. The topological polar surface area (TPSA) is 108 Å². The Morgan fingerprint density at radius 3 is 2.08 bits per heavy atom. The maximum absolute atomic E-state index is 13.9. The Morgan fingerprint density at radius 1 is 0.925 bits per heavy atom. The Balaban J connectivity index is 2.28. The highest BCUT2D eigenvalue weighted by atomic mass is 16.6. The summed E-state index contributed by atoms with van der Waals surface area (Å²) in [5.74, 6) is 0.158. The minimum absolute atomic E-state index is 0.188. The van der Waals surface area contributed by atoms with Gasteiger partial charge in [0.2, 0.25) is 5.91 Å². The Bertz CT molecular complexity index is 877. The monoisotopic (exact) mass is 560 g/mol. The molecule has 1 aliphatic rings. The average molecular weight is 561 g/mol. The van der Waals surface area contributed by atoms with Gasteiger partial charge in [-0.05, 0) is 69.8 Å². The van der Waals surface area contributed by atoms with Gasteiger partial charge in [-0.2, -0.15) is 0 Å². The number of carbonyl (C=O) groups is 2. The van der Waals surface area contributed by atoms with Crippen molar-refractivity contribution in [3.05, 3.63) is 35.9 Å². The van der Waals surface area contributed by atoms with Crippen molar-refractivity contribution in [3.63, 3.8) is 0 Å². The van der Waals surface area contributed by atoms with Crippen LogP contribution in [-0.4, -0.2) is 58.0 Å². The fourth-order valence-electron chi connectivity index (χ4n) is 5.64. The molecular formula is C33H56N2O5. The summed E-state index contributed by atoms with van der Waals surface area (Å²) in [6.07, 6.45) is 5.71. The van der Waals surface area contributed by atoms with Crippen molar-refractivity contribution in [1.29, 1.82) is 0 Å². The second kappa shape index (κ2) is 16.5. The molecule has 1 amide bonds. The molecule has 1 fully saturated rings. The number of amides is 1. The molecule has 0 spiro atoms. The quantitative estimate of drug-likeness (QED) is 0.221. The number of hydrogen-bond donors (Lipinski definition) is 4. The predicted molar refractivity (Wildman–Crippen MR) is 161 cm³/mol. The van der Waals surface area contributed by atoms with Gasteiger partial charge < -0.3 is 20.3 Å². The lowest BCUT2D eigenvalue weighted by Crippen LogP contribution is -2.57. The summed E-state index contributed by atoms with van der Waals surface area (Å²) in [5, 5.41) is 28.5. The smallest absolute Gasteiger partial charge is 0.324 e. The molecule has 1 saturated carbocycles. The summed E-state index contributed by atoms with van der Waals surface area (Å²) < 4.78 is 5.74. The van der Waals surface area contributed by atoms with E-state index in [2.05, 4.69) is 10.6 Å². The molecular weight excluding hydrogens is 504 g/mol. The van der Waals surface area contributed by atoms with E-state index in [9.17, 15) is 19.8 Å². The van der Waals surface area contributed by atoms with Gasteiger partial charge in [-0.25, -0.2) is 0 Å². The predicted octanol–water partition coefficient (Wildman–Crippen LogP) is 5.17. The Hall–Kier alpha value is -1.96. The van der Waals surface area contributed by atoms with E-state index in [1.54, 1.807) is 0 Å². The maximum Gasteiger partial charge on any atom is 0.324 e. The van der Waals surface area contributed by atoms with Gasteiger partial charge in [0.15, 0.2) is 0 Å². The number of carbonyl (C=O) groups excluding carboxylic acids is 2. The first-order valence-corrected chi connectivity index (χ1v) is 15.4. The van der Waals surface area contributed by atoms with Crippen LogP contribution >= 0.6 is 0 Å². The molecule has 0 aromatic heterocycles. The SMILES string of the molecule is CC(C)C[C@H](N[C@@H](Cc1ccccc1)C(=O)OC(C)(C)C)C(=O)N[C@@H](CC1CCCCC1)[C@@H](O)[C@@H](O)CC(C)C. The van der Waals surface area contributed by atoms with Crippen molar-refractivity contribution >= 4 is 11.9 Å². The molecule has 1 aliphatic carbocycles. The summed E-state index contributed by atoms with van der Waals surface area (Å²) >= 11 is 0. The normalized spacial score (nSPS) is 18.7. The van der Waals surface area contributed by atoms with Gasteiger partial charge in [0.1, 0.15) is 17.7 Å². The standard InChI is InChI=1S/C33H56N2O5/c1-22(2)18-27(34-28(32(39)40-33(5,6)7)21-25-16-12-9-13-17-25)31(38)35-26(20-24-14-10-8-11-15-24)30(37)29(36)19-23(3)4/h9,12-13,16-17,22-24,26-30,34,36-37H,8,10-11,14-15,18-21H2,1-7H3,(H,35,38)/t26-,27-,28-,29-,30+/m0/s1. The van der Waals surface area contributed by atoms with Gasteiger partial charge >= 0.3 is 5.97 Å². The zero-order chi connectivity index (χ0) is 29.9. The van der Waals surface area contributed by atoms with Crippen molar-refractivity contribution in [1.82, 2.24) is 10.6 Å². The molecule has 7 nitrogen and oxygen atoms in total. The number of hydrogen-bond acceptors (Lipinski definition) is 6. The van der Waals surface area contributed by atoms with Crippen molar-refractivity contribution in [2.24, 2.45) is 17.8 Å². The summed E-state index contributed by atoms with van der Waals surface area (Å²) in [6.45, 7) is 13.6. The number of aliphatic hydroxyl groups is 2. The molecule has 40 heavy (non-hydrogen) atoms. The van der Waals surface area contributed by atoms with E-state index in [1.165, 1.54) is 6.42 Å². The van der Waals surface area contributed by atoms with Crippen LogP contribution in [0.3, 0.4) is 0 Å². The highest BCUT2D eigenvalue weighted by Crippen LogP contribution is 2.29. The molecule has 5 atom stereocenters. The van der Waals surface area contributed by atoms with Crippen molar-refractivity contribution < 1.29 is 24.5 Å². The Morgan fingerprint density at radius 2 is 1.52 bits per heavy atom. The highest BCUT2D eigenvalue weighted by Gasteiger charge is 2.35. The number of ether oxygens (including phenoxy) is 1. The lowest BCUT2D eigenvalue weighted by atomic mass is 9.82. The van der Waals surface area contributed by atoms with Crippen LogP contribution in [0.15, 0.2) is 30.3 Å². The first kappa shape index (κ1) is 34.2. The van der Waals surface area contributed by atoms with E-state index in [4.69, 9.17) is 4.74 Å². The first-order valence-electron chi connectivity index (χ1n) is 15.4. The minimum atomic E-state index is -1.06. The number of esters is 1. The molecule has 0 heterocycles. The molecule has 7 heteroatoms. The molecule has 0 unspecified atom stereocenters. The third-order valence-corrected chi connectivity index (χ3v) is 7.56. The van der Waals surface area contributed by atoms with Crippen molar-refractivity contribution in [2.75, 3.05) is 0 Å². The fourth-order valence-corrected chi connectivity index (χ4v) is 5.64. The van der Waals surface area contributed by atoms with Crippen LogP contribution in [0.1, 0.15) is 105 Å². The van der Waals surface area contributed by atoms with E-state index in [0.29, 0.717) is 31.6 Å². The largest absolute Gasteiger partial charge is 0.459 e. The highest BCUT2D eigenvalue weighted by molar-refractivity contribution is 5.84. The lowest BCUT2D eigenvalue weighted by molar-refractivity contribution is -0.157. The molecule has 228 valence electrons. The molecule has 0 saturated heterocycles. The fraction of sp³-hybridized carbons (Fsp3) is 0.758. The molecule has 0 bridgehead atoms. The second-order valence-electron chi connectivity index (χ2n) is 13.7. The molecule has 1 aromatic carbocycles. The van der Waals surface area contributed by atoms with E-state index < -0.39 is 41.9 Å². The van der Waals surface area contributed by atoms with Gasteiger partial charge in [-0.1, -0.05) is 90.1 Å². The summed E-state index contributed by atoms with van der Waals surface area (Å²) in [5.41, 5.74) is 0.308. The van der Waals surface area contributed by atoms with Crippen molar-refractivity contribution in [2.45, 2.75) is 142 Å². The van der Waals surface area contributed by atoms with E-state index in [-0.39, 0.29) is 17.7 Å². The first-order chi connectivity index (χ1) is 18.7. The summed E-state index contributed by atoms with van der Waals surface area (Å²) in [6, 6.07) is 7.77. The molecule has 4 N–H and O–H groups in total. The maximum atomic E-state index is 13.9. The van der Waals surface area contributed by atoms with Crippen LogP contribution in [-0.2, 0) is 20.7 Å². The Kier molecular flexibility index (Phi) is 14.1. The van der Waals surface area contributed by atoms with Crippen LogP contribution in [0, 0.1) is 17.8 Å². The zero-order valence-electron chi connectivity index (χ0n) is 26.0. The second-order valence-corrected chi connectivity index (χ2v) is 13.7. The van der Waals surface area contributed by atoms with Gasteiger partial charge in [0.05, 0.1) is 18.2 Å². The lowest BCUT2D eigenvalue weighted by Gasteiger charge is -2.34. The van der Waals surface area contributed by atoms with Crippen LogP contribution < -0.4 is 10.6 Å².